The van der Waals surface area contributed by atoms with Gasteiger partial charge < -0.3 is 278 Å². The van der Waals surface area contributed by atoms with Gasteiger partial charge in [0.2, 0.25) is 5.91 Å². The number of carbonyl (C=O) groups is 1. The van der Waals surface area contributed by atoms with E-state index in [1.807, 2.05) is 0 Å². The Morgan fingerprint density at radius 2 is 0.424 bits per heavy atom. The van der Waals surface area contributed by atoms with Crippen molar-refractivity contribution >= 4 is 5.91 Å². The van der Waals surface area contributed by atoms with Gasteiger partial charge in [0.25, 0.3) is 0 Å². The first kappa shape index (κ1) is 103. The fourth-order valence-corrected chi connectivity index (χ4v) is 15.9. The first-order valence-electron chi connectivity index (χ1n) is 39.7. The Bertz CT molecular complexity index is 3250. The molecule has 57 nitrogen and oxygen atoms in total. The zero-order valence-corrected chi connectivity index (χ0v) is 65.7. The topological polar surface area (TPSA) is 911 Å². The third kappa shape index (κ3) is 22.0. The lowest BCUT2D eigenvalue weighted by Gasteiger charge is -2.50. The zero-order valence-electron chi connectivity index (χ0n) is 65.7. The Morgan fingerprint density at radius 3 is 0.776 bits per heavy atom. The number of amides is 1. The van der Waals surface area contributed by atoms with Crippen LogP contribution in [0.3, 0.4) is 0 Å². The summed E-state index contributed by atoms with van der Waals surface area (Å²) in [5.41, 5.74) is 0. The molecule has 35 N–H and O–H groups in total. The normalized spacial score (nSPS) is 52.7. The average molecular weight is 1840 g/mol. The van der Waals surface area contributed by atoms with E-state index in [-0.39, 0.29) is 0 Å². The predicted octanol–water partition coefficient (Wildman–Crippen LogP) is -24.8. The minimum atomic E-state index is -2.66. The van der Waals surface area contributed by atoms with E-state index in [9.17, 15) is 178 Å². The Labute approximate surface area is 704 Å². The lowest BCUT2D eigenvalue weighted by Crippen LogP contribution is -2.69. The average Bonchev–Trinajstić information content (AvgIpc) is 0.765. The minimum absolute atomic E-state index is 0.911. The highest BCUT2D eigenvalue weighted by molar-refractivity contribution is 5.73. The lowest BCUT2D eigenvalue weighted by atomic mass is 9.94. The van der Waals surface area contributed by atoms with Crippen molar-refractivity contribution in [1.82, 2.24) is 5.32 Å². The van der Waals surface area contributed by atoms with Crippen LogP contribution >= 0.6 is 0 Å². The van der Waals surface area contributed by atoms with E-state index in [1.165, 1.54) is 0 Å². The van der Waals surface area contributed by atoms with Crippen molar-refractivity contribution in [3.05, 3.63) is 0 Å². The van der Waals surface area contributed by atoms with Crippen molar-refractivity contribution in [3.8, 4) is 0 Å². The van der Waals surface area contributed by atoms with Crippen molar-refractivity contribution in [1.29, 1.82) is 0 Å². The number of ether oxygens (including phenoxy) is 21. The third-order valence-electron chi connectivity index (χ3n) is 23.4. The highest BCUT2D eigenvalue weighted by Gasteiger charge is 2.62. The Kier molecular flexibility index (Phi) is 36.7. The van der Waals surface area contributed by atoms with Crippen LogP contribution in [-0.2, 0) is 104 Å². The van der Waals surface area contributed by atoms with Crippen molar-refractivity contribution < 1.29 is 278 Å². The maximum absolute atomic E-state index is 12.8. The van der Waals surface area contributed by atoms with E-state index < -0.39 is 416 Å². The predicted molar refractivity (Wildman–Crippen MR) is 374 cm³/mol. The number of carbonyl (C=O) groups excluding carboxylic acids is 1. The molecule has 0 spiro atoms. The van der Waals surface area contributed by atoms with Crippen molar-refractivity contribution in [2.45, 2.75) is 345 Å². The second-order valence-electron chi connectivity index (χ2n) is 31.7. The number of hydrogen-bond acceptors (Lipinski definition) is 56. The summed E-state index contributed by atoms with van der Waals surface area (Å²) < 4.78 is 123. The monoisotopic (exact) mass is 1840 g/mol. The molecule has 0 aromatic carbocycles. The van der Waals surface area contributed by atoms with Gasteiger partial charge in [0.1, 0.15) is 269 Å². The quantitative estimate of drug-likeness (QED) is 0.0297. The van der Waals surface area contributed by atoms with E-state index in [0.29, 0.717) is 0 Å². The molecule has 0 aromatic heterocycles. The molecule has 57 heteroatoms. The third-order valence-corrected chi connectivity index (χ3v) is 23.4. The molecule has 728 valence electrons. The first-order chi connectivity index (χ1) is 59.2. The van der Waals surface area contributed by atoms with Crippen LogP contribution in [0.5, 0.6) is 0 Å². The molecule has 11 saturated heterocycles. The molecule has 0 radical (unpaired) electrons. The van der Waals surface area contributed by atoms with Gasteiger partial charge in [-0.15, -0.1) is 0 Å². The van der Waals surface area contributed by atoms with Gasteiger partial charge in [0.15, 0.2) is 69.2 Å². The van der Waals surface area contributed by atoms with Crippen LogP contribution in [0.4, 0.5) is 0 Å². The largest absolute Gasteiger partial charge is 0.394 e. The van der Waals surface area contributed by atoms with Crippen molar-refractivity contribution in [3.63, 3.8) is 0 Å². The fraction of sp³-hybridized carbons (Fsp3) is 0.985. The maximum Gasteiger partial charge on any atom is 0.217 e. The molecule has 125 heavy (non-hydrogen) atoms. The second-order valence-corrected chi connectivity index (χ2v) is 31.7. The Balaban J connectivity index is 0.937. The number of nitrogens with one attached hydrogen (secondary N) is 1. The molecular weight excluding hydrogens is 1730 g/mol. The standard InChI is InChI=1S/C68H115NO56/c1-13(78)69-25-36(89)51(21(9-77)108-58(25)104)119-64-50(103)53(121-68-57(44(97)33(86)22(118-68)10-105-59-45(98)37(90)26(79)14(2-70)109-59)125-67-56(43(96)32(85)20(8-76)115-67)123-63-48(101)40(93)29(82)17(5-73)112-63)35(88)24(117-64)11-106-60-49(102)52(120-61-46(99)38(91)27(80)15(3-71)110-61)34(87)23(116-60)12-107-65-54(41(94)30(83)18(6-74)113-65)124-66-55(42(95)31(84)19(7-75)114-66)122-62-47(100)39(92)28(81)16(4-72)111-62/h14-68,70-77,79-104H,2-12H2,1H3,(H,69,78)/t14-,15-,16-,17-,18-,19-,20-,21-,22-,23-,24-,25-,26-,27-,28-,29-,30-,31-,32-,33-,34-,35-,36-,37+,38+,39+,40+,41+,42+,43-,44+,45+,46+,47+,48+,49+,50+,51-,52+,53+,54+,55+,56+,57+,58?,59+,60+,61-,62-,63-,64+,65+,66-,67-,68-/m1/s1. The van der Waals surface area contributed by atoms with Crippen LogP contribution in [-0.4, -0.2) is 590 Å². The van der Waals surface area contributed by atoms with E-state index in [0.717, 1.165) is 6.92 Å². The summed E-state index contributed by atoms with van der Waals surface area (Å²) in [6.45, 7) is -11.6. The van der Waals surface area contributed by atoms with Gasteiger partial charge >= 0.3 is 0 Å². The number of rotatable bonds is 32. The first-order valence-corrected chi connectivity index (χ1v) is 39.7. The summed E-state index contributed by atoms with van der Waals surface area (Å²) in [5, 5.41) is 379. The number of aliphatic hydroxyl groups excluding tert-OH is 34. The summed E-state index contributed by atoms with van der Waals surface area (Å²) in [5.74, 6) is -0.911. The summed E-state index contributed by atoms with van der Waals surface area (Å²) in [7, 11) is 0. The van der Waals surface area contributed by atoms with E-state index in [2.05, 4.69) is 5.32 Å². The Morgan fingerprint density at radius 1 is 0.208 bits per heavy atom. The highest BCUT2D eigenvalue weighted by Crippen LogP contribution is 2.41. The molecule has 0 aromatic rings. The van der Waals surface area contributed by atoms with E-state index >= 15 is 0 Å². The maximum atomic E-state index is 12.8. The van der Waals surface area contributed by atoms with Crippen LogP contribution in [0, 0.1) is 0 Å². The number of aliphatic hydroxyl groups is 34. The van der Waals surface area contributed by atoms with Gasteiger partial charge in [-0.05, 0) is 0 Å². The van der Waals surface area contributed by atoms with E-state index in [4.69, 9.17) is 99.5 Å². The van der Waals surface area contributed by atoms with E-state index in [1.54, 1.807) is 0 Å². The Hall–Kier alpha value is -2.73. The molecule has 11 rings (SSSR count). The summed E-state index contributed by atoms with van der Waals surface area (Å²) in [6, 6.07) is -1.86. The van der Waals surface area contributed by atoms with Crippen LogP contribution in [0.25, 0.3) is 0 Å². The van der Waals surface area contributed by atoms with Gasteiger partial charge in [0.05, 0.1) is 72.7 Å². The molecule has 1 amide bonds. The van der Waals surface area contributed by atoms with Crippen LogP contribution in [0.1, 0.15) is 6.92 Å². The molecule has 0 bridgehead atoms. The smallest absolute Gasteiger partial charge is 0.217 e. The van der Waals surface area contributed by atoms with Crippen molar-refractivity contribution in [2.24, 2.45) is 0 Å². The molecular formula is C68H115NO56. The SMILES string of the molecule is CC(=O)N[C@H]1C(O)O[C@H](CO)[C@@H](O[C@@H]2O[C@H](CO[C@H]3O[C@H](CO[C@H]4O[C@H](CO)[C@@H](O)[C@H](O)[C@@H]4O[C@H]4O[C@H](CO)[C@@H](O)[C@H](O)[C@@H]4O[C@H]4O[C@H](CO)[C@@H](O)[C@H](O)[C@@H]4O)[C@@H](O)[C@H](O[C@H]4O[C@H](CO)[C@@H](O)[C@H](O)[C@@H]4O)[C@@H]3O)[C@@H](O)[C@H](O[C@H]3O[C@H](CO[C@H]4O[C@H](CO)[C@@H](O)[C@H](O)[C@@H]4O)[C@@H](O)[C@H](O)[C@@H]3O[C@H]3O[C@H](CO)[C@@H](O)[C@@H](O)[C@@H]3O[C@H]3O[C@H](CO)[C@@H](O)[C@H](O)[C@@H]3O)[C@@H]2O)[C@@H]1O. The minimum Gasteiger partial charge on any atom is -0.394 e. The van der Waals surface area contributed by atoms with Crippen LogP contribution in [0.15, 0.2) is 0 Å². The zero-order chi connectivity index (χ0) is 91.7. The molecule has 0 saturated carbocycles. The van der Waals surface area contributed by atoms with Gasteiger partial charge in [-0.2, -0.15) is 0 Å². The highest BCUT2D eigenvalue weighted by atomic mass is 16.8. The molecule has 11 aliphatic heterocycles. The molecule has 1 unspecified atom stereocenters. The summed E-state index contributed by atoms with van der Waals surface area (Å²) in [6.07, 6.45) is -119. The van der Waals surface area contributed by atoms with Crippen LogP contribution < -0.4 is 5.32 Å². The van der Waals surface area contributed by atoms with Gasteiger partial charge in [-0.1, -0.05) is 0 Å². The summed E-state index contributed by atoms with van der Waals surface area (Å²) in [4.78, 5) is 12.5. The van der Waals surface area contributed by atoms with Crippen molar-refractivity contribution in [2.75, 3.05) is 72.7 Å². The lowest BCUT2D eigenvalue weighted by molar-refractivity contribution is -0.409. The van der Waals surface area contributed by atoms with Gasteiger partial charge in [0, 0.05) is 6.92 Å². The second kappa shape index (κ2) is 44.6. The van der Waals surface area contributed by atoms with Crippen LogP contribution in [0.2, 0.25) is 0 Å². The summed E-state index contributed by atoms with van der Waals surface area (Å²) >= 11 is 0. The fourth-order valence-electron chi connectivity index (χ4n) is 15.9. The molecule has 0 aliphatic carbocycles. The molecule has 55 atom stereocenters. The van der Waals surface area contributed by atoms with Gasteiger partial charge in [-0.25, -0.2) is 0 Å². The molecule has 11 aliphatic rings. The molecule has 11 fully saturated rings. The van der Waals surface area contributed by atoms with Gasteiger partial charge in [-0.3, -0.25) is 4.79 Å². The molecule has 11 heterocycles. The number of hydrogen-bond donors (Lipinski definition) is 35.